The lowest BCUT2D eigenvalue weighted by Crippen LogP contribution is -2.13. The molecule has 2 N–H and O–H groups in total. The molecule has 0 aliphatic rings. The van der Waals surface area contributed by atoms with Crippen molar-refractivity contribution in [3.8, 4) is 11.3 Å². The minimum Gasteiger partial charge on any atom is -0.360 e. The summed E-state index contributed by atoms with van der Waals surface area (Å²) in [7, 11) is 0. The number of nitrogens with one attached hydrogen (secondary N) is 2. The number of aryl methyl sites for hydroxylation is 1. The number of anilines is 1. The number of rotatable bonds is 4. The van der Waals surface area contributed by atoms with Crippen molar-refractivity contribution in [3.05, 3.63) is 72.2 Å². The summed E-state index contributed by atoms with van der Waals surface area (Å²) in [6.07, 6.45) is 3.05. The first kappa shape index (κ1) is 18.1. The van der Waals surface area contributed by atoms with Gasteiger partial charge in [-0.15, -0.1) is 0 Å². The van der Waals surface area contributed by atoms with Gasteiger partial charge in [0.05, 0.1) is 34.8 Å². The minimum atomic E-state index is -0.305. The average molecular weight is 399 g/mol. The maximum atomic E-state index is 14.2. The Morgan fingerprint density at radius 1 is 1.00 bits per heavy atom. The van der Waals surface area contributed by atoms with Gasteiger partial charge in [0, 0.05) is 5.56 Å². The van der Waals surface area contributed by atoms with E-state index in [1.165, 1.54) is 18.5 Å². The Hall–Kier alpha value is -3.94. The van der Waals surface area contributed by atoms with Crippen molar-refractivity contribution in [2.24, 2.45) is 0 Å². The van der Waals surface area contributed by atoms with Gasteiger partial charge in [0.15, 0.2) is 11.5 Å². The van der Waals surface area contributed by atoms with Gasteiger partial charge in [-0.2, -0.15) is 0 Å². The van der Waals surface area contributed by atoms with Crippen molar-refractivity contribution in [1.82, 2.24) is 29.9 Å². The zero-order valence-electron chi connectivity index (χ0n) is 16.4. The zero-order valence-corrected chi connectivity index (χ0v) is 16.4. The van der Waals surface area contributed by atoms with E-state index in [2.05, 4.69) is 25.3 Å². The van der Waals surface area contributed by atoms with Crippen LogP contribution in [0.2, 0.25) is 0 Å². The van der Waals surface area contributed by atoms with E-state index in [-0.39, 0.29) is 11.9 Å². The highest BCUT2D eigenvalue weighted by Gasteiger charge is 2.19. The molecular weight excluding hydrogens is 381 g/mol. The molecule has 0 radical (unpaired) electrons. The molecule has 0 fully saturated rings. The molecule has 7 nitrogen and oxygen atoms in total. The maximum Gasteiger partial charge on any atom is 0.162 e. The van der Waals surface area contributed by atoms with Crippen LogP contribution in [0.5, 0.6) is 0 Å². The van der Waals surface area contributed by atoms with Gasteiger partial charge in [0.1, 0.15) is 17.7 Å². The molecule has 3 heterocycles. The standard InChI is InChI=1S/C22H18FN7/c1-12-7-14(9-15(23)8-12)19-18(29-16-5-3-4-6-17(16)30-19)13(2)28-22-20-21(25-10-24-20)26-11-27-22/h3-11,13H,1-2H3,(H2,24,25,26,27,28). The normalized spacial score (nSPS) is 12.4. The summed E-state index contributed by atoms with van der Waals surface area (Å²) < 4.78 is 14.2. The largest absolute Gasteiger partial charge is 0.360 e. The Balaban J connectivity index is 1.65. The lowest BCUT2D eigenvalue weighted by molar-refractivity contribution is 0.627. The fraction of sp³-hybridized carbons (Fsp3) is 0.136. The molecule has 0 amide bonds. The fourth-order valence-electron chi connectivity index (χ4n) is 3.54. The molecule has 5 rings (SSSR count). The number of halogens is 1. The first-order valence-corrected chi connectivity index (χ1v) is 9.53. The van der Waals surface area contributed by atoms with Crippen molar-refractivity contribution in [2.75, 3.05) is 5.32 Å². The first-order chi connectivity index (χ1) is 14.6. The van der Waals surface area contributed by atoms with Gasteiger partial charge < -0.3 is 10.3 Å². The third-order valence-corrected chi connectivity index (χ3v) is 4.89. The van der Waals surface area contributed by atoms with E-state index < -0.39 is 0 Å². The molecule has 8 heteroatoms. The molecule has 2 aromatic carbocycles. The van der Waals surface area contributed by atoms with Gasteiger partial charge in [0.25, 0.3) is 0 Å². The third kappa shape index (κ3) is 3.22. The molecule has 5 aromatic rings. The molecule has 3 aromatic heterocycles. The number of fused-ring (bicyclic) bond motifs is 2. The number of nitrogens with zero attached hydrogens (tertiary/aromatic N) is 5. The van der Waals surface area contributed by atoms with Crippen molar-refractivity contribution in [2.45, 2.75) is 19.9 Å². The van der Waals surface area contributed by atoms with E-state index in [0.717, 1.165) is 16.6 Å². The predicted molar refractivity (Wildman–Crippen MR) is 113 cm³/mol. The average Bonchev–Trinajstić information content (AvgIpc) is 3.22. The van der Waals surface area contributed by atoms with E-state index in [4.69, 9.17) is 9.97 Å². The second-order valence-corrected chi connectivity index (χ2v) is 7.15. The van der Waals surface area contributed by atoms with Crippen LogP contribution in [-0.2, 0) is 0 Å². The summed E-state index contributed by atoms with van der Waals surface area (Å²) in [6.45, 7) is 3.83. The van der Waals surface area contributed by atoms with E-state index in [1.807, 2.05) is 44.2 Å². The van der Waals surface area contributed by atoms with Crippen molar-refractivity contribution in [3.63, 3.8) is 0 Å². The topological polar surface area (TPSA) is 92.3 Å². The SMILES string of the molecule is Cc1cc(F)cc(-c2nc3ccccc3nc2C(C)Nc2ncnc3[nH]cnc23)c1. The molecule has 0 spiro atoms. The van der Waals surface area contributed by atoms with Gasteiger partial charge >= 0.3 is 0 Å². The zero-order chi connectivity index (χ0) is 20.7. The number of aromatic nitrogens is 6. The maximum absolute atomic E-state index is 14.2. The number of H-pyrrole nitrogens is 1. The Bertz CT molecular complexity index is 1360. The Labute approximate surface area is 171 Å². The van der Waals surface area contributed by atoms with Crippen LogP contribution in [0, 0.1) is 12.7 Å². The molecule has 0 bridgehead atoms. The summed E-state index contributed by atoms with van der Waals surface area (Å²) in [4.78, 5) is 25.4. The van der Waals surface area contributed by atoms with Crippen molar-refractivity contribution in [1.29, 1.82) is 0 Å². The molecule has 148 valence electrons. The fourth-order valence-corrected chi connectivity index (χ4v) is 3.54. The summed E-state index contributed by atoms with van der Waals surface area (Å²) >= 11 is 0. The highest BCUT2D eigenvalue weighted by Crippen LogP contribution is 2.31. The van der Waals surface area contributed by atoms with Crippen molar-refractivity contribution >= 4 is 28.0 Å². The number of hydrogen-bond donors (Lipinski definition) is 2. The molecule has 0 aliphatic carbocycles. The Kier molecular flexibility index (Phi) is 4.31. The first-order valence-electron chi connectivity index (χ1n) is 9.53. The molecule has 0 saturated heterocycles. The molecule has 0 aliphatic heterocycles. The molecule has 0 saturated carbocycles. The smallest absolute Gasteiger partial charge is 0.162 e. The number of para-hydroxylation sites is 2. The van der Waals surface area contributed by atoms with Gasteiger partial charge in [0.2, 0.25) is 0 Å². The predicted octanol–water partition coefficient (Wildman–Crippen LogP) is 4.58. The number of imidazole rings is 1. The summed E-state index contributed by atoms with van der Waals surface area (Å²) in [5, 5.41) is 3.36. The highest BCUT2D eigenvalue weighted by atomic mass is 19.1. The van der Waals surface area contributed by atoms with Crippen LogP contribution in [0.25, 0.3) is 33.5 Å². The Morgan fingerprint density at radius 3 is 2.60 bits per heavy atom. The van der Waals surface area contributed by atoms with E-state index >= 15 is 0 Å². The van der Waals surface area contributed by atoms with Crippen LogP contribution in [-0.4, -0.2) is 29.9 Å². The summed E-state index contributed by atoms with van der Waals surface area (Å²) in [5.74, 6) is 0.283. The van der Waals surface area contributed by atoms with Crippen LogP contribution in [0.1, 0.15) is 24.2 Å². The molecule has 30 heavy (non-hydrogen) atoms. The minimum absolute atomic E-state index is 0.268. The van der Waals surface area contributed by atoms with Crippen molar-refractivity contribution < 1.29 is 4.39 Å². The monoisotopic (exact) mass is 399 g/mol. The summed E-state index contributed by atoms with van der Waals surface area (Å²) in [6, 6.07) is 12.3. The van der Waals surface area contributed by atoms with Crippen LogP contribution >= 0.6 is 0 Å². The van der Waals surface area contributed by atoms with Gasteiger partial charge in [-0.1, -0.05) is 12.1 Å². The quantitative estimate of drug-likeness (QED) is 0.459. The molecule has 1 unspecified atom stereocenters. The molecule has 1 atom stereocenters. The van der Waals surface area contributed by atoms with Crippen LogP contribution in [0.3, 0.4) is 0 Å². The van der Waals surface area contributed by atoms with Crippen LogP contribution in [0.4, 0.5) is 10.2 Å². The number of hydrogen-bond acceptors (Lipinski definition) is 6. The van der Waals surface area contributed by atoms with E-state index in [9.17, 15) is 4.39 Å². The van der Waals surface area contributed by atoms with Crippen LogP contribution in [0.15, 0.2) is 55.1 Å². The molecular formula is C22H18FN7. The lowest BCUT2D eigenvalue weighted by Gasteiger charge is -2.18. The van der Waals surface area contributed by atoms with E-state index in [1.54, 1.807) is 6.33 Å². The van der Waals surface area contributed by atoms with E-state index in [0.29, 0.717) is 33.9 Å². The van der Waals surface area contributed by atoms with Gasteiger partial charge in [-0.25, -0.2) is 29.3 Å². The van der Waals surface area contributed by atoms with Gasteiger partial charge in [-0.05, 0) is 49.7 Å². The summed E-state index contributed by atoms with van der Waals surface area (Å²) in [5.41, 5.74) is 5.63. The third-order valence-electron chi connectivity index (χ3n) is 4.89. The lowest BCUT2D eigenvalue weighted by atomic mass is 10.0. The highest BCUT2D eigenvalue weighted by molar-refractivity contribution is 5.83. The Morgan fingerprint density at radius 2 is 1.80 bits per heavy atom. The van der Waals surface area contributed by atoms with Crippen LogP contribution < -0.4 is 5.32 Å². The second kappa shape index (κ2) is 7.14. The number of benzene rings is 2. The van der Waals surface area contributed by atoms with Gasteiger partial charge in [-0.3, -0.25) is 0 Å². The number of aromatic amines is 1. The second-order valence-electron chi connectivity index (χ2n) is 7.15.